The summed E-state index contributed by atoms with van der Waals surface area (Å²) in [6, 6.07) is 3.14. The van der Waals surface area contributed by atoms with Gasteiger partial charge in [-0.15, -0.1) is 24.8 Å². The van der Waals surface area contributed by atoms with Crippen molar-refractivity contribution in [3.63, 3.8) is 0 Å². The van der Waals surface area contributed by atoms with Gasteiger partial charge in [0.15, 0.2) is 0 Å². The first kappa shape index (κ1) is 19.0. The molecule has 0 saturated carbocycles. The molecule has 0 aliphatic carbocycles. The molecule has 2 saturated heterocycles. The molecular formula is C15H24Cl2N4O. The number of halogens is 2. The van der Waals surface area contributed by atoms with E-state index >= 15 is 0 Å². The van der Waals surface area contributed by atoms with Crippen molar-refractivity contribution in [3.05, 3.63) is 24.0 Å². The van der Waals surface area contributed by atoms with Crippen LogP contribution in [0, 0.1) is 0 Å². The third kappa shape index (κ3) is 3.83. The molecule has 2 unspecified atom stereocenters. The zero-order valence-electron chi connectivity index (χ0n) is 12.7. The highest BCUT2D eigenvalue weighted by Crippen LogP contribution is 2.32. The number of pyridine rings is 1. The summed E-state index contributed by atoms with van der Waals surface area (Å²) in [6.07, 6.45) is 9.03. The van der Waals surface area contributed by atoms with Crippen LogP contribution in [0.4, 0.5) is 5.69 Å². The molecule has 2 atom stereocenters. The van der Waals surface area contributed by atoms with E-state index in [2.05, 4.69) is 22.2 Å². The highest BCUT2D eigenvalue weighted by atomic mass is 35.5. The molecule has 2 aliphatic rings. The van der Waals surface area contributed by atoms with Gasteiger partial charge in [-0.2, -0.15) is 0 Å². The summed E-state index contributed by atoms with van der Waals surface area (Å²) in [5.41, 5.74) is 6.81. The number of aromatic nitrogens is 1. The first-order valence-corrected chi connectivity index (χ1v) is 7.37. The van der Waals surface area contributed by atoms with Crippen LogP contribution < -0.4 is 11.1 Å². The van der Waals surface area contributed by atoms with Gasteiger partial charge in [-0.1, -0.05) is 6.42 Å². The zero-order valence-corrected chi connectivity index (χ0v) is 14.3. The number of amides is 1. The van der Waals surface area contributed by atoms with Gasteiger partial charge in [0.1, 0.15) is 0 Å². The maximum absolute atomic E-state index is 12.3. The fourth-order valence-corrected chi connectivity index (χ4v) is 3.59. The number of nitrogens with one attached hydrogen (secondary N) is 1. The van der Waals surface area contributed by atoms with Gasteiger partial charge in [0.2, 0.25) is 0 Å². The first-order valence-electron chi connectivity index (χ1n) is 7.37. The van der Waals surface area contributed by atoms with Crippen LogP contribution in [-0.2, 0) is 0 Å². The predicted molar refractivity (Wildman–Crippen MR) is 92.8 cm³/mol. The molecule has 1 aromatic rings. The van der Waals surface area contributed by atoms with Gasteiger partial charge >= 0.3 is 0 Å². The quantitative estimate of drug-likeness (QED) is 0.861. The molecule has 22 heavy (non-hydrogen) atoms. The van der Waals surface area contributed by atoms with E-state index in [1.165, 1.54) is 19.3 Å². The summed E-state index contributed by atoms with van der Waals surface area (Å²) >= 11 is 0. The maximum Gasteiger partial charge on any atom is 0.255 e. The largest absolute Gasteiger partial charge is 0.398 e. The van der Waals surface area contributed by atoms with Gasteiger partial charge in [0.25, 0.3) is 5.91 Å². The number of nitrogen functional groups attached to an aromatic ring is 1. The Bertz CT molecular complexity index is 500. The number of hydrogen-bond acceptors (Lipinski definition) is 4. The number of carbonyl (C=O) groups excluding carboxylic acids is 1. The second-order valence-corrected chi connectivity index (χ2v) is 6.01. The minimum atomic E-state index is -0.0942. The average molecular weight is 347 g/mol. The Balaban J connectivity index is 0.00000121. The second kappa shape index (κ2) is 7.99. The van der Waals surface area contributed by atoms with E-state index in [4.69, 9.17) is 5.73 Å². The SMILES string of the molecule is CN1C2CCCC1CC(NC(=O)c1cnccc1N)C2.Cl.Cl. The lowest BCUT2D eigenvalue weighted by Crippen LogP contribution is -2.55. The third-order valence-corrected chi connectivity index (χ3v) is 4.77. The van der Waals surface area contributed by atoms with Crippen LogP contribution in [0.5, 0.6) is 0 Å². The predicted octanol–water partition coefficient (Wildman–Crippen LogP) is 2.25. The van der Waals surface area contributed by atoms with Crippen molar-refractivity contribution in [1.29, 1.82) is 0 Å². The van der Waals surface area contributed by atoms with Crippen molar-refractivity contribution in [2.75, 3.05) is 12.8 Å². The summed E-state index contributed by atoms with van der Waals surface area (Å²) < 4.78 is 0. The molecule has 0 aromatic carbocycles. The summed E-state index contributed by atoms with van der Waals surface area (Å²) in [5.74, 6) is -0.0942. The number of carbonyl (C=O) groups is 1. The molecule has 5 nitrogen and oxygen atoms in total. The Morgan fingerprint density at radius 3 is 2.55 bits per heavy atom. The highest BCUT2D eigenvalue weighted by molar-refractivity contribution is 5.98. The monoisotopic (exact) mass is 346 g/mol. The van der Waals surface area contributed by atoms with E-state index in [1.54, 1.807) is 18.5 Å². The zero-order chi connectivity index (χ0) is 14.1. The van der Waals surface area contributed by atoms with Crippen LogP contribution in [0.25, 0.3) is 0 Å². The van der Waals surface area contributed by atoms with Crippen LogP contribution in [-0.4, -0.2) is 41.0 Å². The van der Waals surface area contributed by atoms with Gasteiger partial charge < -0.3 is 16.0 Å². The standard InChI is InChI=1S/C15H22N4O.2ClH/c1-19-11-3-2-4-12(19)8-10(7-11)18-15(20)13-9-17-6-5-14(13)16;;/h5-6,9-12H,2-4,7-8H2,1H3,(H2,16,17)(H,18,20);2*1H. The number of anilines is 1. The summed E-state index contributed by atoms with van der Waals surface area (Å²) in [4.78, 5) is 18.8. The van der Waals surface area contributed by atoms with E-state index < -0.39 is 0 Å². The summed E-state index contributed by atoms with van der Waals surface area (Å²) in [7, 11) is 2.21. The van der Waals surface area contributed by atoms with E-state index in [9.17, 15) is 4.79 Å². The molecule has 3 N–H and O–H groups in total. The average Bonchev–Trinajstić information content (AvgIpc) is 2.40. The van der Waals surface area contributed by atoms with Crippen LogP contribution in [0.2, 0.25) is 0 Å². The maximum atomic E-state index is 12.3. The van der Waals surface area contributed by atoms with Gasteiger partial charge in [-0.25, -0.2) is 0 Å². The van der Waals surface area contributed by atoms with Gasteiger partial charge in [-0.05, 0) is 38.8 Å². The van der Waals surface area contributed by atoms with Crippen LogP contribution in [0.1, 0.15) is 42.5 Å². The number of rotatable bonds is 2. The topological polar surface area (TPSA) is 71.2 Å². The molecule has 0 radical (unpaired) electrons. The number of nitrogens with zero attached hydrogens (tertiary/aromatic N) is 2. The minimum Gasteiger partial charge on any atom is -0.398 e. The Kier molecular flexibility index (Phi) is 6.91. The lowest BCUT2D eigenvalue weighted by atomic mass is 9.82. The molecular weight excluding hydrogens is 323 g/mol. The second-order valence-electron chi connectivity index (χ2n) is 6.01. The molecule has 0 spiro atoms. The molecule has 2 fully saturated rings. The summed E-state index contributed by atoms with van der Waals surface area (Å²) in [6.45, 7) is 0. The normalized spacial score (nSPS) is 27.2. The lowest BCUT2D eigenvalue weighted by molar-refractivity contribution is 0.0463. The number of nitrogens with two attached hydrogens (primary N) is 1. The molecule has 3 rings (SSSR count). The Hall–Kier alpha value is -1.04. The van der Waals surface area contributed by atoms with Crippen LogP contribution in [0.15, 0.2) is 18.5 Å². The lowest BCUT2D eigenvalue weighted by Gasteiger charge is -2.47. The molecule has 124 valence electrons. The van der Waals surface area contributed by atoms with Crippen molar-refractivity contribution in [2.45, 2.75) is 50.2 Å². The third-order valence-electron chi connectivity index (χ3n) is 4.77. The number of hydrogen-bond donors (Lipinski definition) is 2. The molecule has 3 heterocycles. The van der Waals surface area contributed by atoms with E-state index in [0.29, 0.717) is 23.3 Å². The molecule has 1 aromatic heterocycles. The Labute approximate surface area is 143 Å². The summed E-state index contributed by atoms with van der Waals surface area (Å²) in [5, 5.41) is 3.14. The Morgan fingerprint density at radius 2 is 1.95 bits per heavy atom. The van der Waals surface area contributed by atoms with Crippen molar-refractivity contribution >= 4 is 36.4 Å². The van der Waals surface area contributed by atoms with Crippen molar-refractivity contribution < 1.29 is 4.79 Å². The van der Waals surface area contributed by atoms with Crippen LogP contribution in [0.3, 0.4) is 0 Å². The first-order chi connectivity index (χ1) is 9.65. The molecule has 7 heteroatoms. The molecule has 1 amide bonds. The highest BCUT2D eigenvalue weighted by Gasteiger charge is 2.36. The van der Waals surface area contributed by atoms with Crippen LogP contribution >= 0.6 is 24.8 Å². The van der Waals surface area contributed by atoms with Crippen molar-refractivity contribution in [2.24, 2.45) is 0 Å². The van der Waals surface area contributed by atoms with Crippen molar-refractivity contribution in [3.8, 4) is 0 Å². The fraction of sp³-hybridized carbons (Fsp3) is 0.600. The smallest absolute Gasteiger partial charge is 0.255 e. The van der Waals surface area contributed by atoms with Gasteiger partial charge in [-0.3, -0.25) is 9.78 Å². The van der Waals surface area contributed by atoms with E-state index in [-0.39, 0.29) is 36.8 Å². The molecule has 2 bridgehead atoms. The molecule has 2 aliphatic heterocycles. The van der Waals surface area contributed by atoms with Gasteiger partial charge in [0.05, 0.1) is 5.56 Å². The van der Waals surface area contributed by atoms with Crippen molar-refractivity contribution in [1.82, 2.24) is 15.2 Å². The van der Waals surface area contributed by atoms with E-state index in [0.717, 1.165) is 12.8 Å². The van der Waals surface area contributed by atoms with Gasteiger partial charge in [0, 0.05) is 36.2 Å². The van der Waals surface area contributed by atoms with E-state index in [1.807, 2.05) is 0 Å². The number of fused-ring (bicyclic) bond motifs is 2. The Morgan fingerprint density at radius 1 is 1.32 bits per heavy atom. The fourth-order valence-electron chi connectivity index (χ4n) is 3.59. The number of piperidine rings is 2. The minimum absolute atomic E-state index is 0.